The van der Waals surface area contributed by atoms with Crippen LogP contribution in [0.5, 0.6) is 0 Å². The molecule has 3 nitrogen and oxygen atoms in total. The highest BCUT2D eigenvalue weighted by Crippen LogP contribution is 2.21. The highest BCUT2D eigenvalue weighted by Gasteiger charge is 2.21. The number of halogens is 1. The molecule has 2 heterocycles. The van der Waals surface area contributed by atoms with Gasteiger partial charge in [0.15, 0.2) is 0 Å². The zero-order valence-corrected chi connectivity index (χ0v) is 9.95. The van der Waals surface area contributed by atoms with Gasteiger partial charge in [0.05, 0.1) is 6.20 Å². The summed E-state index contributed by atoms with van der Waals surface area (Å²) >= 11 is 5.76. The smallest absolute Gasteiger partial charge is 0.0534 e. The molecule has 15 heavy (non-hydrogen) atoms. The first-order valence-electron chi connectivity index (χ1n) is 5.54. The number of rotatable bonds is 4. The van der Waals surface area contributed by atoms with Crippen molar-refractivity contribution >= 4 is 11.6 Å². The van der Waals surface area contributed by atoms with Gasteiger partial charge in [-0.05, 0) is 25.3 Å². The summed E-state index contributed by atoms with van der Waals surface area (Å²) in [5.74, 6) is 1.60. The standard InChI is InChI=1S/C11H18ClN3/c1-14-7-11(6-13-14)9-15-5-3-10(8-15)2-4-12/h6-7,10H,2-5,8-9H2,1H3. The van der Waals surface area contributed by atoms with Gasteiger partial charge in [0.25, 0.3) is 0 Å². The third-order valence-electron chi connectivity index (χ3n) is 3.05. The summed E-state index contributed by atoms with van der Waals surface area (Å²) in [6, 6.07) is 0. The van der Waals surface area contributed by atoms with Crippen LogP contribution < -0.4 is 0 Å². The third kappa shape index (κ3) is 2.95. The van der Waals surface area contributed by atoms with Gasteiger partial charge in [-0.3, -0.25) is 9.58 Å². The Morgan fingerprint density at radius 3 is 3.13 bits per heavy atom. The second-order valence-electron chi connectivity index (χ2n) is 4.39. The van der Waals surface area contributed by atoms with E-state index in [2.05, 4.69) is 16.2 Å². The first-order valence-corrected chi connectivity index (χ1v) is 6.07. The van der Waals surface area contributed by atoms with Crippen molar-refractivity contribution in [1.82, 2.24) is 14.7 Å². The Balaban J connectivity index is 1.82. The average molecular weight is 228 g/mol. The molecule has 2 rings (SSSR count). The fourth-order valence-electron chi connectivity index (χ4n) is 2.26. The molecule has 0 aromatic carbocycles. The van der Waals surface area contributed by atoms with Gasteiger partial charge in [0.1, 0.15) is 0 Å². The van der Waals surface area contributed by atoms with E-state index in [1.54, 1.807) is 0 Å². The van der Waals surface area contributed by atoms with E-state index in [0.717, 1.165) is 24.8 Å². The Hall–Kier alpha value is -0.540. The molecule has 4 heteroatoms. The lowest BCUT2D eigenvalue weighted by atomic mass is 10.1. The van der Waals surface area contributed by atoms with E-state index in [1.807, 2.05) is 17.9 Å². The molecule has 1 atom stereocenters. The van der Waals surface area contributed by atoms with Crippen molar-refractivity contribution < 1.29 is 0 Å². The molecule has 1 saturated heterocycles. The first kappa shape index (κ1) is 11.0. The molecule has 1 aromatic heterocycles. The number of nitrogens with zero attached hydrogens (tertiary/aromatic N) is 3. The van der Waals surface area contributed by atoms with Crippen LogP contribution in [0.15, 0.2) is 12.4 Å². The van der Waals surface area contributed by atoms with E-state index < -0.39 is 0 Å². The molecule has 1 aliphatic rings. The summed E-state index contributed by atoms with van der Waals surface area (Å²) in [5.41, 5.74) is 1.31. The van der Waals surface area contributed by atoms with Crippen LogP contribution in [0, 0.1) is 5.92 Å². The van der Waals surface area contributed by atoms with Crippen LogP contribution >= 0.6 is 11.6 Å². The molecule has 1 aliphatic heterocycles. The molecule has 0 spiro atoms. The molecular formula is C11H18ClN3. The number of hydrogen-bond acceptors (Lipinski definition) is 2. The maximum atomic E-state index is 5.76. The highest BCUT2D eigenvalue weighted by atomic mass is 35.5. The Bertz CT molecular complexity index is 311. The van der Waals surface area contributed by atoms with E-state index in [9.17, 15) is 0 Å². The first-order chi connectivity index (χ1) is 7.28. The zero-order valence-electron chi connectivity index (χ0n) is 9.19. The number of aromatic nitrogens is 2. The maximum absolute atomic E-state index is 5.76. The number of aryl methyl sites for hydroxylation is 1. The van der Waals surface area contributed by atoms with E-state index in [4.69, 9.17) is 11.6 Å². The molecular weight excluding hydrogens is 210 g/mol. The van der Waals surface area contributed by atoms with Crippen molar-refractivity contribution in [2.75, 3.05) is 19.0 Å². The predicted molar refractivity (Wildman–Crippen MR) is 61.9 cm³/mol. The molecule has 0 saturated carbocycles. The van der Waals surface area contributed by atoms with Gasteiger partial charge in [-0.2, -0.15) is 5.10 Å². The van der Waals surface area contributed by atoms with E-state index in [1.165, 1.54) is 25.1 Å². The molecule has 0 N–H and O–H groups in total. The molecule has 0 amide bonds. The highest BCUT2D eigenvalue weighted by molar-refractivity contribution is 6.17. The molecule has 84 valence electrons. The largest absolute Gasteiger partial charge is 0.299 e. The summed E-state index contributed by atoms with van der Waals surface area (Å²) in [7, 11) is 1.96. The monoisotopic (exact) mass is 227 g/mol. The van der Waals surface area contributed by atoms with Crippen molar-refractivity contribution in [3.05, 3.63) is 18.0 Å². The number of hydrogen-bond donors (Lipinski definition) is 0. The lowest BCUT2D eigenvalue weighted by molar-refractivity contribution is 0.315. The molecule has 0 radical (unpaired) electrons. The average Bonchev–Trinajstić information content (AvgIpc) is 2.78. The van der Waals surface area contributed by atoms with E-state index >= 15 is 0 Å². The van der Waals surface area contributed by atoms with Crippen LogP contribution in [0.2, 0.25) is 0 Å². The minimum absolute atomic E-state index is 0.797. The minimum atomic E-state index is 0.797. The second-order valence-corrected chi connectivity index (χ2v) is 4.77. The zero-order chi connectivity index (χ0) is 10.7. The van der Waals surface area contributed by atoms with E-state index in [-0.39, 0.29) is 0 Å². The van der Waals surface area contributed by atoms with Gasteiger partial charge in [-0.1, -0.05) is 0 Å². The fourth-order valence-corrected chi connectivity index (χ4v) is 2.57. The van der Waals surface area contributed by atoms with Gasteiger partial charge in [0.2, 0.25) is 0 Å². The second kappa shape index (κ2) is 4.99. The summed E-state index contributed by atoms with van der Waals surface area (Å²) in [5, 5.41) is 4.18. The topological polar surface area (TPSA) is 21.1 Å². The summed E-state index contributed by atoms with van der Waals surface area (Å²) in [6.45, 7) is 3.44. The van der Waals surface area contributed by atoms with Crippen LogP contribution in [-0.2, 0) is 13.6 Å². The van der Waals surface area contributed by atoms with Crippen LogP contribution in [0.1, 0.15) is 18.4 Å². The summed E-state index contributed by atoms with van der Waals surface area (Å²) in [4.78, 5) is 2.49. The van der Waals surface area contributed by atoms with Gasteiger partial charge < -0.3 is 0 Å². The van der Waals surface area contributed by atoms with Crippen molar-refractivity contribution in [2.45, 2.75) is 19.4 Å². The quantitative estimate of drug-likeness (QED) is 0.733. The number of likely N-dealkylation sites (tertiary alicyclic amines) is 1. The minimum Gasteiger partial charge on any atom is -0.299 e. The van der Waals surface area contributed by atoms with Gasteiger partial charge >= 0.3 is 0 Å². The van der Waals surface area contributed by atoms with Crippen LogP contribution in [-0.4, -0.2) is 33.6 Å². The SMILES string of the molecule is Cn1cc(CN2CCC(CCCl)C2)cn1. The molecule has 0 bridgehead atoms. The lowest BCUT2D eigenvalue weighted by Crippen LogP contribution is -2.19. The van der Waals surface area contributed by atoms with Crippen molar-refractivity contribution in [1.29, 1.82) is 0 Å². The Labute approximate surface area is 96.0 Å². The van der Waals surface area contributed by atoms with Crippen LogP contribution in [0.4, 0.5) is 0 Å². The van der Waals surface area contributed by atoms with Crippen molar-refractivity contribution in [3.8, 4) is 0 Å². The van der Waals surface area contributed by atoms with Gasteiger partial charge in [-0.25, -0.2) is 0 Å². The predicted octanol–water partition coefficient (Wildman–Crippen LogP) is 1.87. The normalized spacial score (nSPS) is 22.4. The number of alkyl halides is 1. The fraction of sp³-hybridized carbons (Fsp3) is 0.727. The van der Waals surface area contributed by atoms with Crippen molar-refractivity contribution in [3.63, 3.8) is 0 Å². The molecule has 1 fully saturated rings. The lowest BCUT2D eigenvalue weighted by Gasteiger charge is -2.14. The Morgan fingerprint density at radius 1 is 1.60 bits per heavy atom. The van der Waals surface area contributed by atoms with Gasteiger partial charge in [-0.15, -0.1) is 11.6 Å². The Kier molecular flexibility index (Phi) is 3.65. The van der Waals surface area contributed by atoms with Gasteiger partial charge in [0, 0.05) is 37.8 Å². The van der Waals surface area contributed by atoms with Crippen LogP contribution in [0.25, 0.3) is 0 Å². The third-order valence-corrected chi connectivity index (χ3v) is 3.27. The molecule has 1 unspecified atom stereocenters. The summed E-state index contributed by atoms with van der Waals surface area (Å²) < 4.78 is 1.86. The summed E-state index contributed by atoms with van der Waals surface area (Å²) in [6.07, 6.45) is 6.50. The maximum Gasteiger partial charge on any atom is 0.0534 e. The Morgan fingerprint density at radius 2 is 2.47 bits per heavy atom. The molecule has 1 aromatic rings. The van der Waals surface area contributed by atoms with Crippen molar-refractivity contribution in [2.24, 2.45) is 13.0 Å². The van der Waals surface area contributed by atoms with Crippen LogP contribution in [0.3, 0.4) is 0 Å². The van der Waals surface area contributed by atoms with E-state index in [0.29, 0.717) is 0 Å². The molecule has 0 aliphatic carbocycles.